The Bertz CT molecular complexity index is 504. The second-order valence-electron chi connectivity index (χ2n) is 4.91. The van der Waals surface area contributed by atoms with E-state index in [1.54, 1.807) is 0 Å². The molecule has 1 saturated heterocycles. The third-order valence-corrected chi connectivity index (χ3v) is 3.30. The number of benzene rings is 1. The van der Waals surface area contributed by atoms with Crippen LogP contribution in [0.4, 0.5) is 4.39 Å². The van der Waals surface area contributed by atoms with Gasteiger partial charge in [0.15, 0.2) is 0 Å². The van der Waals surface area contributed by atoms with Gasteiger partial charge in [-0.1, -0.05) is 12.1 Å². The summed E-state index contributed by atoms with van der Waals surface area (Å²) in [5.74, 6) is -1.49. The largest absolute Gasteiger partial charge is 0.368 e. The van der Waals surface area contributed by atoms with Crippen molar-refractivity contribution >= 4 is 11.8 Å². The summed E-state index contributed by atoms with van der Waals surface area (Å²) < 4.78 is 18.3. The summed E-state index contributed by atoms with van der Waals surface area (Å²) in [4.78, 5) is 23.5. The maximum atomic E-state index is 12.9. The fraction of sp³-hybridized carbons (Fsp3) is 0.429. The molecule has 3 atom stereocenters. The number of amides is 2. The molecule has 1 heterocycles. The first kappa shape index (κ1) is 14.5. The van der Waals surface area contributed by atoms with Crippen molar-refractivity contribution in [3.63, 3.8) is 0 Å². The van der Waals surface area contributed by atoms with E-state index in [0.717, 1.165) is 6.42 Å². The van der Waals surface area contributed by atoms with Gasteiger partial charge in [0.1, 0.15) is 18.0 Å². The van der Waals surface area contributed by atoms with E-state index in [2.05, 4.69) is 5.32 Å². The second kappa shape index (κ2) is 6.00. The molecule has 0 aliphatic carbocycles. The van der Waals surface area contributed by atoms with Crippen LogP contribution in [0.2, 0.25) is 0 Å². The zero-order valence-corrected chi connectivity index (χ0v) is 11.1. The molecule has 1 aromatic carbocycles. The van der Waals surface area contributed by atoms with Crippen molar-refractivity contribution in [3.05, 3.63) is 35.6 Å². The highest BCUT2D eigenvalue weighted by Crippen LogP contribution is 2.21. The Labute approximate surface area is 116 Å². The molecule has 0 aromatic heterocycles. The normalized spacial score (nSPS) is 23.3. The number of nitrogens with one attached hydrogen (secondary N) is 1. The average molecular weight is 280 g/mol. The van der Waals surface area contributed by atoms with Gasteiger partial charge >= 0.3 is 0 Å². The molecule has 0 bridgehead atoms. The van der Waals surface area contributed by atoms with Gasteiger partial charge in [-0.15, -0.1) is 0 Å². The molecule has 0 saturated carbocycles. The fourth-order valence-electron chi connectivity index (χ4n) is 2.20. The molecule has 0 spiro atoms. The van der Waals surface area contributed by atoms with E-state index in [0.29, 0.717) is 12.0 Å². The SMILES string of the molecule is C[C@@H]1CC[C@@H](C(=O)N[C@H](C(N)=O)c2ccc(F)cc2)O1. The van der Waals surface area contributed by atoms with Gasteiger partial charge in [-0.25, -0.2) is 4.39 Å². The van der Waals surface area contributed by atoms with Crippen molar-refractivity contribution in [2.45, 2.75) is 38.0 Å². The molecule has 20 heavy (non-hydrogen) atoms. The van der Waals surface area contributed by atoms with Crippen LogP contribution in [0.15, 0.2) is 24.3 Å². The molecule has 2 amide bonds. The highest BCUT2D eigenvalue weighted by atomic mass is 19.1. The number of hydrogen-bond donors (Lipinski definition) is 2. The van der Waals surface area contributed by atoms with Crippen LogP contribution in [0.5, 0.6) is 0 Å². The number of rotatable bonds is 4. The Hall–Kier alpha value is -1.95. The Kier molecular flexibility index (Phi) is 4.34. The second-order valence-corrected chi connectivity index (χ2v) is 4.91. The molecule has 108 valence electrons. The third-order valence-electron chi connectivity index (χ3n) is 3.30. The van der Waals surface area contributed by atoms with E-state index in [9.17, 15) is 14.0 Å². The van der Waals surface area contributed by atoms with Crippen molar-refractivity contribution in [3.8, 4) is 0 Å². The lowest BCUT2D eigenvalue weighted by atomic mass is 10.1. The first-order valence-electron chi connectivity index (χ1n) is 6.48. The molecule has 3 N–H and O–H groups in total. The number of halogens is 1. The van der Waals surface area contributed by atoms with E-state index < -0.39 is 23.9 Å². The van der Waals surface area contributed by atoms with Crippen LogP contribution >= 0.6 is 0 Å². The molecular weight excluding hydrogens is 263 g/mol. The van der Waals surface area contributed by atoms with Crippen LogP contribution in [0.25, 0.3) is 0 Å². The Morgan fingerprint density at radius 1 is 1.35 bits per heavy atom. The zero-order chi connectivity index (χ0) is 14.7. The Balaban J connectivity index is 2.08. The van der Waals surface area contributed by atoms with Gasteiger partial charge in [-0.05, 0) is 37.5 Å². The smallest absolute Gasteiger partial charge is 0.250 e. The maximum Gasteiger partial charge on any atom is 0.250 e. The summed E-state index contributed by atoms with van der Waals surface area (Å²) in [5, 5.41) is 2.55. The van der Waals surface area contributed by atoms with E-state index in [1.165, 1.54) is 24.3 Å². The fourth-order valence-corrected chi connectivity index (χ4v) is 2.20. The van der Waals surface area contributed by atoms with Crippen LogP contribution in [0.3, 0.4) is 0 Å². The monoisotopic (exact) mass is 280 g/mol. The van der Waals surface area contributed by atoms with Crippen LogP contribution < -0.4 is 11.1 Å². The van der Waals surface area contributed by atoms with Crippen molar-refractivity contribution in [2.75, 3.05) is 0 Å². The molecule has 5 nitrogen and oxygen atoms in total. The van der Waals surface area contributed by atoms with Crippen molar-refractivity contribution in [1.82, 2.24) is 5.32 Å². The summed E-state index contributed by atoms with van der Waals surface area (Å²) in [7, 11) is 0. The molecule has 1 aromatic rings. The molecule has 6 heteroatoms. The van der Waals surface area contributed by atoms with Gasteiger partial charge in [-0.3, -0.25) is 9.59 Å². The number of carbonyl (C=O) groups excluding carboxylic acids is 2. The van der Waals surface area contributed by atoms with Crippen molar-refractivity contribution in [2.24, 2.45) is 5.73 Å². The highest BCUT2D eigenvalue weighted by molar-refractivity contribution is 5.89. The lowest BCUT2D eigenvalue weighted by Gasteiger charge is -2.18. The van der Waals surface area contributed by atoms with Gasteiger partial charge in [-0.2, -0.15) is 0 Å². The van der Waals surface area contributed by atoms with Crippen molar-refractivity contribution < 1.29 is 18.7 Å². The zero-order valence-electron chi connectivity index (χ0n) is 11.1. The predicted octanol–water partition coefficient (Wildman–Crippen LogP) is 1.04. The third kappa shape index (κ3) is 3.33. The highest BCUT2D eigenvalue weighted by Gasteiger charge is 2.31. The quantitative estimate of drug-likeness (QED) is 0.864. The average Bonchev–Trinajstić information content (AvgIpc) is 2.83. The Morgan fingerprint density at radius 2 is 2.00 bits per heavy atom. The molecule has 0 unspecified atom stereocenters. The number of nitrogens with two attached hydrogens (primary N) is 1. The molecule has 1 aliphatic rings. The van der Waals surface area contributed by atoms with E-state index in [4.69, 9.17) is 10.5 Å². The van der Waals surface area contributed by atoms with Gasteiger partial charge in [0.05, 0.1) is 6.10 Å². The van der Waals surface area contributed by atoms with Gasteiger partial charge < -0.3 is 15.8 Å². The minimum atomic E-state index is -0.984. The molecule has 1 fully saturated rings. The molecule has 1 aliphatic heterocycles. The number of primary amides is 1. The molecule has 2 rings (SSSR count). The summed E-state index contributed by atoms with van der Waals surface area (Å²) in [6.07, 6.45) is 0.883. The van der Waals surface area contributed by atoms with Gasteiger partial charge in [0, 0.05) is 0 Å². The number of hydrogen-bond acceptors (Lipinski definition) is 3. The van der Waals surface area contributed by atoms with Crippen molar-refractivity contribution in [1.29, 1.82) is 0 Å². The predicted molar refractivity (Wildman–Crippen MR) is 70.0 cm³/mol. The van der Waals surface area contributed by atoms with Crippen LogP contribution in [0.1, 0.15) is 31.4 Å². The Morgan fingerprint density at radius 3 is 2.50 bits per heavy atom. The van der Waals surface area contributed by atoms with Crippen LogP contribution in [-0.2, 0) is 14.3 Å². The van der Waals surface area contributed by atoms with Gasteiger partial charge in [0.2, 0.25) is 11.8 Å². The van der Waals surface area contributed by atoms with Crippen LogP contribution in [-0.4, -0.2) is 24.0 Å². The first-order chi connectivity index (χ1) is 9.47. The summed E-state index contributed by atoms with van der Waals surface area (Å²) >= 11 is 0. The number of carbonyl (C=O) groups is 2. The van der Waals surface area contributed by atoms with Gasteiger partial charge in [0.25, 0.3) is 0 Å². The lowest BCUT2D eigenvalue weighted by molar-refractivity contribution is -0.135. The minimum absolute atomic E-state index is 0.0311. The number of ether oxygens (including phenoxy) is 1. The van der Waals surface area contributed by atoms with E-state index in [1.807, 2.05) is 6.92 Å². The van der Waals surface area contributed by atoms with E-state index in [-0.39, 0.29) is 12.0 Å². The van der Waals surface area contributed by atoms with E-state index >= 15 is 0 Å². The minimum Gasteiger partial charge on any atom is -0.368 e. The summed E-state index contributed by atoms with van der Waals surface area (Å²) in [6.45, 7) is 1.89. The maximum absolute atomic E-state index is 12.9. The molecular formula is C14H17FN2O3. The summed E-state index contributed by atoms with van der Waals surface area (Å²) in [6, 6.07) is 4.28. The topological polar surface area (TPSA) is 81.4 Å². The standard InChI is InChI=1S/C14H17FN2O3/c1-8-2-7-11(20-8)14(19)17-12(13(16)18)9-3-5-10(15)6-4-9/h3-6,8,11-12H,2,7H2,1H3,(H2,16,18)(H,17,19)/t8-,11+,12+/m1/s1. The molecule has 0 radical (unpaired) electrons. The lowest BCUT2D eigenvalue weighted by Crippen LogP contribution is -2.42. The first-order valence-corrected chi connectivity index (χ1v) is 6.48. The van der Waals surface area contributed by atoms with Crippen LogP contribution in [0, 0.1) is 5.82 Å². The summed E-state index contributed by atoms with van der Waals surface area (Å²) in [5.41, 5.74) is 5.74.